The zero-order chi connectivity index (χ0) is 26.6. The maximum atomic E-state index is 13.3. The summed E-state index contributed by atoms with van der Waals surface area (Å²) in [5.41, 5.74) is 4.12. The molecule has 0 aliphatic carbocycles. The quantitative estimate of drug-likeness (QED) is 0.340. The Hall–Kier alpha value is -3.56. The third-order valence-corrected chi connectivity index (χ3v) is 8.60. The molecule has 2 aliphatic heterocycles. The van der Waals surface area contributed by atoms with Crippen LogP contribution >= 0.6 is 11.3 Å². The van der Waals surface area contributed by atoms with Gasteiger partial charge in [-0.2, -0.15) is 0 Å². The average Bonchev–Trinajstić information content (AvgIpc) is 3.27. The Labute approximate surface area is 226 Å². The summed E-state index contributed by atoms with van der Waals surface area (Å²) in [5.74, 6) is -0.127. The van der Waals surface area contributed by atoms with Gasteiger partial charge >= 0.3 is 0 Å². The van der Waals surface area contributed by atoms with Crippen LogP contribution in [0.25, 0.3) is 0 Å². The monoisotopic (exact) mass is 532 g/mol. The highest BCUT2D eigenvalue weighted by molar-refractivity contribution is 7.10. The Morgan fingerprint density at radius 2 is 1.76 bits per heavy atom. The fraction of sp³-hybridized carbons (Fsp3) is 0.379. The van der Waals surface area contributed by atoms with E-state index in [1.54, 1.807) is 11.0 Å². The number of nitrogens with zero attached hydrogens (tertiary/aromatic N) is 4. The number of benzene rings is 2. The van der Waals surface area contributed by atoms with Crippen LogP contribution in [0, 0.1) is 17.0 Å². The molecule has 3 aromatic rings. The summed E-state index contributed by atoms with van der Waals surface area (Å²) in [6, 6.07) is 16.7. The van der Waals surface area contributed by atoms with Crippen molar-refractivity contribution in [1.29, 1.82) is 0 Å². The van der Waals surface area contributed by atoms with Crippen molar-refractivity contribution in [3.05, 3.63) is 97.2 Å². The number of nitro benzene ring substituents is 1. The minimum Gasteiger partial charge on any atom is -0.341 e. The maximum Gasteiger partial charge on any atom is 0.270 e. The van der Waals surface area contributed by atoms with Gasteiger partial charge < -0.3 is 9.80 Å². The van der Waals surface area contributed by atoms with Gasteiger partial charge in [-0.25, -0.2) is 0 Å². The summed E-state index contributed by atoms with van der Waals surface area (Å²) in [5, 5.41) is 13.3. The molecule has 3 heterocycles. The Bertz CT molecular complexity index is 1340. The SMILES string of the molecule is Cc1ccccc1C1c2ccsc2CCN1CCC(=O)N1CCCN(C(=O)c2cccc([N+](=O)[O-])c2)CC1. The molecule has 1 unspecified atom stereocenters. The first-order valence-electron chi connectivity index (χ1n) is 13.1. The van der Waals surface area contributed by atoms with Crippen LogP contribution < -0.4 is 0 Å². The minimum absolute atomic E-state index is 0.0984. The van der Waals surface area contributed by atoms with Crippen LogP contribution in [0.4, 0.5) is 5.69 Å². The molecule has 0 N–H and O–H groups in total. The summed E-state index contributed by atoms with van der Waals surface area (Å²) >= 11 is 1.82. The molecule has 1 fully saturated rings. The molecule has 1 aromatic heterocycles. The highest BCUT2D eigenvalue weighted by Crippen LogP contribution is 2.38. The normalized spacial score (nSPS) is 18.1. The number of aryl methyl sites for hydroxylation is 1. The van der Waals surface area contributed by atoms with Crippen LogP contribution in [-0.2, 0) is 11.2 Å². The molecule has 0 bridgehead atoms. The lowest BCUT2D eigenvalue weighted by Crippen LogP contribution is -2.41. The molecule has 5 rings (SSSR count). The van der Waals surface area contributed by atoms with Crippen LogP contribution in [0.5, 0.6) is 0 Å². The number of rotatable bonds is 6. The van der Waals surface area contributed by atoms with Crippen LogP contribution in [-0.4, -0.2) is 70.7 Å². The fourth-order valence-corrected chi connectivity index (χ4v) is 6.47. The molecule has 2 amide bonds. The lowest BCUT2D eigenvalue weighted by atomic mass is 9.90. The van der Waals surface area contributed by atoms with Crippen LogP contribution in [0.15, 0.2) is 60.0 Å². The van der Waals surface area contributed by atoms with Crippen molar-refractivity contribution >= 4 is 28.8 Å². The molecule has 0 spiro atoms. The van der Waals surface area contributed by atoms with Gasteiger partial charge in [-0.05, 0) is 54.0 Å². The Balaban J connectivity index is 1.22. The third-order valence-electron chi connectivity index (χ3n) is 7.60. The van der Waals surface area contributed by atoms with E-state index >= 15 is 0 Å². The first kappa shape index (κ1) is 26.1. The number of hydrogen-bond donors (Lipinski definition) is 0. The van der Waals surface area contributed by atoms with Gasteiger partial charge in [0.05, 0.1) is 11.0 Å². The molecular formula is C29H32N4O4S. The number of carbonyl (C=O) groups excluding carboxylic acids is 2. The van der Waals surface area contributed by atoms with E-state index < -0.39 is 4.92 Å². The molecule has 0 radical (unpaired) electrons. The number of thiophene rings is 1. The first-order valence-corrected chi connectivity index (χ1v) is 14.0. The van der Waals surface area contributed by atoms with Crippen molar-refractivity contribution in [2.45, 2.75) is 32.2 Å². The largest absolute Gasteiger partial charge is 0.341 e. The van der Waals surface area contributed by atoms with Crippen molar-refractivity contribution in [3.8, 4) is 0 Å². The predicted octanol–water partition coefficient (Wildman–Crippen LogP) is 4.68. The number of fused-ring (bicyclic) bond motifs is 1. The number of hydrogen-bond acceptors (Lipinski definition) is 6. The number of carbonyl (C=O) groups is 2. The van der Waals surface area contributed by atoms with E-state index in [2.05, 4.69) is 47.5 Å². The predicted molar refractivity (Wildman–Crippen MR) is 147 cm³/mol. The van der Waals surface area contributed by atoms with Gasteiger partial charge in [0.2, 0.25) is 5.91 Å². The first-order chi connectivity index (χ1) is 18.4. The van der Waals surface area contributed by atoms with Crippen molar-refractivity contribution in [2.24, 2.45) is 0 Å². The van der Waals surface area contributed by atoms with Crippen molar-refractivity contribution in [1.82, 2.24) is 14.7 Å². The van der Waals surface area contributed by atoms with Crippen LogP contribution in [0.1, 0.15) is 50.8 Å². The number of non-ortho nitro benzene ring substituents is 1. The lowest BCUT2D eigenvalue weighted by Gasteiger charge is -2.37. The Kier molecular flexibility index (Phi) is 7.85. The second-order valence-corrected chi connectivity index (χ2v) is 10.9. The average molecular weight is 533 g/mol. The highest BCUT2D eigenvalue weighted by Gasteiger charge is 2.31. The molecule has 8 nitrogen and oxygen atoms in total. The summed E-state index contributed by atoms with van der Waals surface area (Å²) in [6.45, 7) is 5.76. The number of amides is 2. The summed E-state index contributed by atoms with van der Waals surface area (Å²) in [4.78, 5) is 44.3. The molecule has 198 valence electrons. The smallest absolute Gasteiger partial charge is 0.270 e. The molecule has 9 heteroatoms. The summed E-state index contributed by atoms with van der Waals surface area (Å²) < 4.78 is 0. The van der Waals surface area contributed by atoms with Gasteiger partial charge in [0.1, 0.15) is 0 Å². The van der Waals surface area contributed by atoms with Crippen molar-refractivity contribution < 1.29 is 14.5 Å². The van der Waals surface area contributed by atoms with E-state index in [1.165, 1.54) is 39.8 Å². The van der Waals surface area contributed by atoms with Gasteiger partial charge in [-0.1, -0.05) is 30.3 Å². The minimum atomic E-state index is -0.495. The standard InChI is InChI=1S/C29H32N4O4S/c1-21-6-2-3-9-24(21)28-25-12-19-38-26(25)10-15-31(28)16-11-27(34)30-13-5-14-32(18-17-30)29(35)22-7-4-8-23(20-22)33(36)37/h2-4,6-9,12,19-20,28H,5,10-11,13-18H2,1H3. The Morgan fingerprint density at radius 3 is 2.58 bits per heavy atom. The van der Waals surface area contributed by atoms with E-state index in [1.807, 2.05) is 16.2 Å². The molecule has 1 saturated heterocycles. The van der Waals surface area contributed by atoms with Gasteiger partial charge in [0.15, 0.2) is 0 Å². The van der Waals surface area contributed by atoms with E-state index in [4.69, 9.17) is 0 Å². The topological polar surface area (TPSA) is 87.0 Å². The van der Waals surface area contributed by atoms with Gasteiger partial charge in [-0.15, -0.1) is 11.3 Å². The van der Waals surface area contributed by atoms with Crippen LogP contribution in [0.2, 0.25) is 0 Å². The molecule has 2 aliphatic rings. The third kappa shape index (κ3) is 5.49. The Morgan fingerprint density at radius 1 is 0.974 bits per heavy atom. The maximum absolute atomic E-state index is 13.3. The molecule has 0 saturated carbocycles. The second-order valence-electron chi connectivity index (χ2n) is 9.93. The fourth-order valence-electron chi connectivity index (χ4n) is 5.57. The zero-order valence-corrected chi connectivity index (χ0v) is 22.4. The summed E-state index contributed by atoms with van der Waals surface area (Å²) in [7, 11) is 0. The summed E-state index contributed by atoms with van der Waals surface area (Å²) in [6.07, 6.45) is 2.11. The lowest BCUT2D eigenvalue weighted by molar-refractivity contribution is -0.384. The van der Waals surface area contributed by atoms with Gasteiger partial charge in [0, 0.05) is 68.3 Å². The highest BCUT2D eigenvalue weighted by atomic mass is 32.1. The van der Waals surface area contributed by atoms with Crippen molar-refractivity contribution in [2.75, 3.05) is 39.3 Å². The van der Waals surface area contributed by atoms with E-state index in [-0.39, 0.29) is 23.5 Å². The van der Waals surface area contributed by atoms with Crippen LogP contribution in [0.3, 0.4) is 0 Å². The molecule has 2 aromatic carbocycles. The van der Waals surface area contributed by atoms with Gasteiger partial charge in [-0.3, -0.25) is 24.6 Å². The van der Waals surface area contributed by atoms with Crippen molar-refractivity contribution in [3.63, 3.8) is 0 Å². The van der Waals surface area contributed by atoms with E-state index in [9.17, 15) is 19.7 Å². The number of nitro groups is 1. The van der Waals surface area contributed by atoms with E-state index in [0.29, 0.717) is 51.1 Å². The molecule has 38 heavy (non-hydrogen) atoms. The molecular weight excluding hydrogens is 500 g/mol. The zero-order valence-electron chi connectivity index (χ0n) is 21.5. The second kappa shape index (κ2) is 11.4. The van der Waals surface area contributed by atoms with E-state index in [0.717, 1.165) is 13.0 Å². The van der Waals surface area contributed by atoms with Gasteiger partial charge in [0.25, 0.3) is 11.6 Å². The molecule has 1 atom stereocenters.